The maximum atomic E-state index is 12.8. The molecule has 1 aromatic rings. The molecule has 1 amide bonds. The van der Waals surface area contributed by atoms with Gasteiger partial charge in [0.15, 0.2) is 0 Å². The average Bonchev–Trinajstić information content (AvgIpc) is 2.49. The van der Waals surface area contributed by atoms with Gasteiger partial charge in [-0.3, -0.25) is 9.00 Å². The van der Waals surface area contributed by atoms with Gasteiger partial charge < -0.3 is 4.90 Å². The van der Waals surface area contributed by atoms with Crippen molar-refractivity contribution in [3.63, 3.8) is 0 Å². The first-order valence-corrected chi connectivity index (χ1v) is 8.81. The Kier molecular flexibility index (Phi) is 5.35. The summed E-state index contributed by atoms with van der Waals surface area (Å²) in [6.07, 6.45) is 0.977. The number of carbonyl (C=O) groups excluding carboxylic acids is 1. The third-order valence-corrected chi connectivity index (χ3v) is 5.40. The number of rotatable bonds is 4. The molecule has 0 aromatic heterocycles. The normalized spacial score (nSPS) is 19.6. The minimum atomic E-state index is -0.742. The smallest absolute Gasteiger partial charge is 0.230 e. The first kappa shape index (κ1) is 15.2. The van der Waals surface area contributed by atoms with Crippen LogP contribution in [0, 0.1) is 5.92 Å². The van der Waals surface area contributed by atoms with Gasteiger partial charge in [0, 0.05) is 35.4 Å². The molecule has 0 N–H and O–H groups in total. The molecular formula is C16H23NO2S. The molecule has 1 aliphatic rings. The highest BCUT2D eigenvalue weighted by Crippen LogP contribution is 2.29. The Morgan fingerprint density at radius 1 is 1.25 bits per heavy atom. The summed E-state index contributed by atoms with van der Waals surface area (Å²) >= 11 is 0. The van der Waals surface area contributed by atoms with E-state index in [0.29, 0.717) is 30.5 Å². The van der Waals surface area contributed by atoms with E-state index in [1.807, 2.05) is 35.2 Å². The van der Waals surface area contributed by atoms with E-state index in [-0.39, 0.29) is 11.8 Å². The van der Waals surface area contributed by atoms with Gasteiger partial charge >= 0.3 is 0 Å². The van der Waals surface area contributed by atoms with Gasteiger partial charge in [0.25, 0.3) is 0 Å². The van der Waals surface area contributed by atoms with Gasteiger partial charge in [-0.2, -0.15) is 0 Å². The Bertz CT molecular complexity index is 465. The topological polar surface area (TPSA) is 37.4 Å². The maximum Gasteiger partial charge on any atom is 0.230 e. The molecule has 3 nitrogen and oxygen atoms in total. The molecule has 1 aliphatic heterocycles. The SMILES string of the molecule is CCC(C)C(C(=O)N1CCS(=O)CC1)c1ccccc1. The molecule has 1 aromatic carbocycles. The predicted octanol–water partition coefficient (Wildman–Crippen LogP) is 2.41. The Labute approximate surface area is 123 Å². The number of nitrogens with zero attached hydrogens (tertiary/aromatic N) is 1. The fourth-order valence-electron chi connectivity index (χ4n) is 2.67. The van der Waals surface area contributed by atoms with Crippen LogP contribution in [-0.2, 0) is 15.6 Å². The van der Waals surface area contributed by atoms with Crippen molar-refractivity contribution in [2.45, 2.75) is 26.2 Å². The zero-order valence-corrected chi connectivity index (χ0v) is 13.1. The summed E-state index contributed by atoms with van der Waals surface area (Å²) in [5.74, 6) is 1.67. The minimum Gasteiger partial charge on any atom is -0.340 e. The molecule has 0 spiro atoms. The lowest BCUT2D eigenvalue weighted by Gasteiger charge is -2.32. The van der Waals surface area contributed by atoms with Crippen LogP contribution in [0.3, 0.4) is 0 Å². The summed E-state index contributed by atoms with van der Waals surface area (Å²) in [4.78, 5) is 14.7. The number of carbonyl (C=O) groups is 1. The van der Waals surface area contributed by atoms with Crippen LogP contribution < -0.4 is 0 Å². The molecular weight excluding hydrogens is 270 g/mol. The monoisotopic (exact) mass is 293 g/mol. The van der Waals surface area contributed by atoms with Crippen molar-refractivity contribution in [3.05, 3.63) is 35.9 Å². The van der Waals surface area contributed by atoms with E-state index in [1.165, 1.54) is 0 Å². The minimum absolute atomic E-state index is 0.0762. The Morgan fingerprint density at radius 2 is 1.85 bits per heavy atom. The molecule has 0 saturated carbocycles. The molecule has 1 heterocycles. The summed E-state index contributed by atoms with van der Waals surface area (Å²) < 4.78 is 11.4. The van der Waals surface area contributed by atoms with Crippen LogP contribution in [0.4, 0.5) is 0 Å². The first-order chi connectivity index (χ1) is 9.63. The van der Waals surface area contributed by atoms with Crippen molar-refractivity contribution < 1.29 is 9.00 Å². The molecule has 2 unspecified atom stereocenters. The molecule has 110 valence electrons. The van der Waals surface area contributed by atoms with E-state index in [1.54, 1.807) is 0 Å². The molecule has 4 heteroatoms. The Morgan fingerprint density at radius 3 is 2.40 bits per heavy atom. The van der Waals surface area contributed by atoms with E-state index < -0.39 is 10.8 Å². The summed E-state index contributed by atoms with van der Waals surface area (Å²) in [6, 6.07) is 10.0. The molecule has 0 radical (unpaired) electrons. The highest BCUT2D eigenvalue weighted by atomic mass is 32.2. The number of benzene rings is 1. The van der Waals surface area contributed by atoms with Gasteiger partial charge in [-0.15, -0.1) is 0 Å². The fraction of sp³-hybridized carbons (Fsp3) is 0.562. The van der Waals surface area contributed by atoms with Crippen LogP contribution in [0.2, 0.25) is 0 Å². The molecule has 1 saturated heterocycles. The molecule has 0 aliphatic carbocycles. The van der Waals surface area contributed by atoms with Gasteiger partial charge in [0.2, 0.25) is 5.91 Å². The second-order valence-electron chi connectivity index (χ2n) is 5.45. The second kappa shape index (κ2) is 7.02. The summed E-state index contributed by atoms with van der Waals surface area (Å²) in [6.45, 7) is 5.52. The van der Waals surface area contributed by atoms with E-state index in [2.05, 4.69) is 13.8 Å². The highest BCUT2D eigenvalue weighted by molar-refractivity contribution is 7.85. The van der Waals surface area contributed by atoms with Gasteiger partial charge in [0.05, 0.1) is 5.92 Å². The van der Waals surface area contributed by atoms with Crippen LogP contribution in [0.15, 0.2) is 30.3 Å². The van der Waals surface area contributed by atoms with Gasteiger partial charge in [-0.05, 0) is 11.5 Å². The van der Waals surface area contributed by atoms with Crippen molar-refractivity contribution in [2.75, 3.05) is 24.6 Å². The summed E-state index contributed by atoms with van der Waals surface area (Å²) in [7, 11) is -0.742. The fourth-order valence-corrected chi connectivity index (χ4v) is 3.72. The van der Waals surface area contributed by atoms with E-state index >= 15 is 0 Å². The maximum absolute atomic E-state index is 12.8. The van der Waals surface area contributed by atoms with Crippen LogP contribution in [0.1, 0.15) is 31.7 Å². The summed E-state index contributed by atoms with van der Waals surface area (Å²) in [5, 5.41) is 0. The zero-order chi connectivity index (χ0) is 14.5. The highest BCUT2D eigenvalue weighted by Gasteiger charge is 2.31. The summed E-state index contributed by atoms with van der Waals surface area (Å²) in [5.41, 5.74) is 1.10. The molecule has 20 heavy (non-hydrogen) atoms. The number of amides is 1. The molecule has 1 fully saturated rings. The standard InChI is InChI=1S/C16H23NO2S/c1-3-13(2)15(14-7-5-4-6-8-14)16(18)17-9-11-20(19)12-10-17/h4-8,13,15H,3,9-12H2,1-2H3. The first-order valence-electron chi connectivity index (χ1n) is 7.32. The zero-order valence-electron chi connectivity index (χ0n) is 12.2. The van der Waals surface area contributed by atoms with Crippen LogP contribution in [0.5, 0.6) is 0 Å². The van der Waals surface area contributed by atoms with Crippen LogP contribution in [0.25, 0.3) is 0 Å². The lowest BCUT2D eigenvalue weighted by molar-refractivity contribution is -0.133. The van der Waals surface area contributed by atoms with Gasteiger partial charge in [0.1, 0.15) is 0 Å². The number of hydrogen-bond donors (Lipinski definition) is 0. The second-order valence-corrected chi connectivity index (χ2v) is 7.14. The molecule has 2 atom stereocenters. The number of hydrogen-bond acceptors (Lipinski definition) is 2. The lowest BCUT2D eigenvalue weighted by atomic mass is 9.84. The van der Waals surface area contributed by atoms with Crippen molar-refractivity contribution in [2.24, 2.45) is 5.92 Å². The van der Waals surface area contributed by atoms with Gasteiger partial charge in [-0.1, -0.05) is 50.6 Å². The van der Waals surface area contributed by atoms with Crippen LogP contribution >= 0.6 is 0 Å². The lowest BCUT2D eigenvalue weighted by Crippen LogP contribution is -2.45. The van der Waals surface area contributed by atoms with E-state index in [4.69, 9.17) is 0 Å². The van der Waals surface area contributed by atoms with Crippen LogP contribution in [-0.4, -0.2) is 39.6 Å². The third kappa shape index (κ3) is 3.48. The van der Waals surface area contributed by atoms with Gasteiger partial charge in [-0.25, -0.2) is 0 Å². The van der Waals surface area contributed by atoms with Crippen molar-refractivity contribution >= 4 is 16.7 Å². The molecule has 2 rings (SSSR count). The van der Waals surface area contributed by atoms with Crippen molar-refractivity contribution in [1.82, 2.24) is 4.90 Å². The third-order valence-electron chi connectivity index (χ3n) is 4.13. The van der Waals surface area contributed by atoms with E-state index in [9.17, 15) is 9.00 Å². The molecule has 0 bridgehead atoms. The quantitative estimate of drug-likeness (QED) is 0.855. The van der Waals surface area contributed by atoms with Crippen molar-refractivity contribution in [1.29, 1.82) is 0 Å². The Hall–Kier alpha value is -1.16. The van der Waals surface area contributed by atoms with Crippen molar-refractivity contribution in [3.8, 4) is 0 Å². The average molecular weight is 293 g/mol. The largest absolute Gasteiger partial charge is 0.340 e. The Balaban J connectivity index is 2.19. The predicted molar refractivity (Wildman–Crippen MR) is 83.1 cm³/mol. The van der Waals surface area contributed by atoms with E-state index in [0.717, 1.165) is 12.0 Å².